The van der Waals surface area contributed by atoms with E-state index in [1.54, 1.807) is 0 Å². The molecule has 1 aliphatic rings. The summed E-state index contributed by atoms with van der Waals surface area (Å²) in [7, 11) is 0. The normalized spacial score (nSPS) is 35.2. The molecule has 1 heterocycles. The lowest BCUT2D eigenvalue weighted by Crippen LogP contribution is -2.33. The molecule has 0 amide bonds. The average Bonchev–Trinajstić information content (AvgIpc) is 2.04. The van der Waals surface area contributed by atoms with E-state index in [-0.39, 0.29) is 6.10 Å². The molecule has 1 rings (SSSR count). The fourth-order valence-corrected chi connectivity index (χ4v) is 1.77. The minimum Gasteiger partial charge on any atom is -0.393 e. The van der Waals surface area contributed by atoms with Gasteiger partial charge in [0.25, 0.3) is 0 Å². The lowest BCUT2D eigenvalue weighted by Gasteiger charge is -2.31. The molecular weight excluding hydrogens is 140 g/mol. The Bertz CT molecular complexity index is 110. The molecule has 0 aromatic heterocycles. The first-order chi connectivity index (χ1) is 5.25. The second-order valence-electron chi connectivity index (χ2n) is 3.48. The lowest BCUT2D eigenvalue weighted by molar-refractivity contribution is -0.0307. The van der Waals surface area contributed by atoms with Gasteiger partial charge in [0.1, 0.15) is 0 Å². The van der Waals surface area contributed by atoms with Crippen LogP contribution >= 0.6 is 0 Å². The van der Waals surface area contributed by atoms with E-state index in [2.05, 4.69) is 6.92 Å². The van der Waals surface area contributed by atoms with Gasteiger partial charge in [0.15, 0.2) is 0 Å². The van der Waals surface area contributed by atoms with Gasteiger partial charge in [-0.1, -0.05) is 13.8 Å². The van der Waals surface area contributed by atoms with E-state index < -0.39 is 0 Å². The minimum absolute atomic E-state index is 0.117. The number of ether oxygens (including phenoxy) is 1. The summed E-state index contributed by atoms with van der Waals surface area (Å²) in [6.07, 6.45) is 1.78. The van der Waals surface area contributed by atoms with Gasteiger partial charge in [-0.15, -0.1) is 0 Å². The molecule has 0 aromatic carbocycles. The molecule has 0 saturated carbocycles. The molecule has 0 radical (unpaired) electrons. The van der Waals surface area contributed by atoms with Gasteiger partial charge in [0.05, 0.1) is 6.10 Å². The molecule has 0 spiro atoms. The molecule has 2 nitrogen and oxygen atoms in total. The van der Waals surface area contributed by atoms with E-state index in [0.717, 1.165) is 26.1 Å². The van der Waals surface area contributed by atoms with Crippen LogP contribution in [0.15, 0.2) is 0 Å². The molecule has 11 heavy (non-hydrogen) atoms. The topological polar surface area (TPSA) is 29.5 Å². The molecule has 3 unspecified atom stereocenters. The lowest BCUT2D eigenvalue weighted by atomic mass is 9.84. The number of aliphatic hydroxyl groups is 1. The SMILES string of the molecule is CCC(O)C1CCOCC1C. The number of hydrogen-bond donors (Lipinski definition) is 1. The molecule has 3 atom stereocenters. The summed E-state index contributed by atoms with van der Waals surface area (Å²) < 4.78 is 5.30. The Balaban J connectivity index is 2.40. The van der Waals surface area contributed by atoms with E-state index in [1.807, 2.05) is 6.92 Å². The van der Waals surface area contributed by atoms with Crippen molar-refractivity contribution >= 4 is 0 Å². The highest BCUT2D eigenvalue weighted by atomic mass is 16.5. The van der Waals surface area contributed by atoms with Crippen LogP contribution in [0.3, 0.4) is 0 Å². The molecule has 0 bridgehead atoms. The van der Waals surface area contributed by atoms with Crippen LogP contribution < -0.4 is 0 Å². The van der Waals surface area contributed by atoms with E-state index in [9.17, 15) is 5.11 Å². The monoisotopic (exact) mass is 158 g/mol. The highest BCUT2D eigenvalue weighted by Crippen LogP contribution is 2.25. The fraction of sp³-hybridized carbons (Fsp3) is 1.00. The molecule has 1 aliphatic heterocycles. The minimum atomic E-state index is -0.117. The van der Waals surface area contributed by atoms with Crippen molar-refractivity contribution in [2.24, 2.45) is 11.8 Å². The standard InChI is InChI=1S/C9H18O2/c1-3-9(10)8-4-5-11-6-7(8)2/h7-10H,3-6H2,1-2H3. The largest absolute Gasteiger partial charge is 0.393 e. The van der Waals surface area contributed by atoms with Crippen LogP contribution in [0.4, 0.5) is 0 Å². The van der Waals surface area contributed by atoms with Crippen molar-refractivity contribution < 1.29 is 9.84 Å². The zero-order valence-electron chi connectivity index (χ0n) is 7.42. The van der Waals surface area contributed by atoms with E-state index in [1.165, 1.54) is 0 Å². The van der Waals surface area contributed by atoms with Crippen molar-refractivity contribution in [1.29, 1.82) is 0 Å². The molecule has 0 aliphatic carbocycles. The van der Waals surface area contributed by atoms with Crippen molar-refractivity contribution in [2.75, 3.05) is 13.2 Å². The highest BCUT2D eigenvalue weighted by Gasteiger charge is 2.26. The van der Waals surface area contributed by atoms with Gasteiger partial charge in [-0.3, -0.25) is 0 Å². The van der Waals surface area contributed by atoms with Gasteiger partial charge < -0.3 is 9.84 Å². The summed E-state index contributed by atoms with van der Waals surface area (Å²) in [5.41, 5.74) is 0. The molecule has 1 N–H and O–H groups in total. The highest BCUT2D eigenvalue weighted by molar-refractivity contribution is 4.75. The van der Waals surface area contributed by atoms with Crippen LogP contribution in [0.5, 0.6) is 0 Å². The molecule has 1 saturated heterocycles. The Morgan fingerprint density at radius 2 is 2.36 bits per heavy atom. The molecule has 1 fully saturated rings. The predicted molar refractivity (Wildman–Crippen MR) is 44.4 cm³/mol. The van der Waals surface area contributed by atoms with Gasteiger partial charge in [-0.2, -0.15) is 0 Å². The van der Waals surface area contributed by atoms with Crippen molar-refractivity contribution in [1.82, 2.24) is 0 Å². The molecule has 66 valence electrons. The van der Waals surface area contributed by atoms with Gasteiger partial charge in [0, 0.05) is 13.2 Å². The Kier molecular flexibility index (Phi) is 3.34. The summed E-state index contributed by atoms with van der Waals surface area (Å²) in [6, 6.07) is 0. The third kappa shape index (κ3) is 2.17. The smallest absolute Gasteiger partial charge is 0.0570 e. The van der Waals surface area contributed by atoms with Crippen molar-refractivity contribution in [3.63, 3.8) is 0 Å². The zero-order valence-corrected chi connectivity index (χ0v) is 7.42. The first-order valence-electron chi connectivity index (χ1n) is 4.51. The van der Waals surface area contributed by atoms with Crippen molar-refractivity contribution in [2.45, 2.75) is 32.8 Å². The molecule has 0 aromatic rings. The van der Waals surface area contributed by atoms with Crippen molar-refractivity contribution in [3.05, 3.63) is 0 Å². The summed E-state index contributed by atoms with van der Waals surface area (Å²) in [4.78, 5) is 0. The Hall–Kier alpha value is -0.0800. The Morgan fingerprint density at radius 1 is 1.64 bits per heavy atom. The van der Waals surface area contributed by atoms with Gasteiger partial charge in [-0.05, 0) is 24.7 Å². The quantitative estimate of drug-likeness (QED) is 0.658. The molecular formula is C9H18O2. The van der Waals surface area contributed by atoms with E-state index in [0.29, 0.717) is 11.8 Å². The van der Waals surface area contributed by atoms with Crippen LogP contribution in [0, 0.1) is 11.8 Å². The third-order valence-electron chi connectivity index (χ3n) is 2.62. The molecule has 2 heteroatoms. The Labute approximate surface area is 68.6 Å². The summed E-state index contributed by atoms with van der Waals surface area (Å²) in [5.74, 6) is 0.993. The van der Waals surface area contributed by atoms with Crippen LogP contribution in [0.2, 0.25) is 0 Å². The summed E-state index contributed by atoms with van der Waals surface area (Å²) in [6.45, 7) is 5.84. The second kappa shape index (κ2) is 4.07. The number of hydrogen-bond acceptors (Lipinski definition) is 2. The van der Waals surface area contributed by atoms with E-state index in [4.69, 9.17) is 4.74 Å². The second-order valence-corrected chi connectivity index (χ2v) is 3.48. The Morgan fingerprint density at radius 3 is 2.91 bits per heavy atom. The average molecular weight is 158 g/mol. The fourth-order valence-electron chi connectivity index (χ4n) is 1.77. The first-order valence-corrected chi connectivity index (χ1v) is 4.51. The number of rotatable bonds is 2. The first kappa shape index (κ1) is 9.01. The number of aliphatic hydroxyl groups excluding tert-OH is 1. The zero-order chi connectivity index (χ0) is 8.27. The van der Waals surface area contributed by atoms with Gasteiger partial charge in [-0.25, -0.2) is 0 Å². The van der Waals surface area contributed by atoms with Crippen LogP contribution in [0.1, 0.15) is 26.7 Å². The maximum atomic E-state index is 9.60. The third-order valence-corrected chi connectivity index (χ3v) is 2.62. The summed E-state index contributed by atoms with van der Waals surface area (Å²) >= 11 is 0. The maximum Gasteiger partial charge on any atom is 0.0570 e. The van der Waals surface area contributed by atoms with Gasteiger partial charge >= 0.3 is 0 Å². The van der Waals surface area contributed by atoms with E-state index >= 15 is 0 Å². The van der Waals surface area contributed by atoms with Crippen molar-refractivity contribution in [3.8, 4) is 0 Å². The van der Waals surface area contributed by atoms with Crippen LogP contribution in [-0.4, -0.2) is 24.4 Å². The maximum absolute atomic E-state index is 9.60. The van der Waals surface area contributed by atoms with Gasteiger partial charge in [0.2, 0.25) is 0 Å². The van der Waals surface area contributed by atoms with Crippen LogP contribution in [0.25, 0.3) is 0 Å². The van der Waals surface area contributed by atoms with Crippen LogP contribution in [-0.2, 0) is 4.74 Å². The summed E-state index contributed by atoms with van der Waals surface area (Å²) in [5, 5.41) is 9.60. The predicted octanol–water partition coefficient (Wildman–Crippen LogP) is 1.43.